The molecule has 0 aromatic carbocycles. The highest BCUT2D eigenvalue weighted by atomic mass is 19.3. The van der Waals surface area contributed by atoms with E-state index in [0.717, 1.165) is 9.63 Å². The third-order valence-electron chi connectivity index (χ3n) is 2.66. The van der Waals surface area contributed by atoms with E-state index in [9.17, 15) is 14.0 Å². The van der Waals surface area contributed by atoms with Crippen LogP contribution in [0.15, 0.2) is 0 Å². The van der Waals surface area contributed by atoms with Crippen molar-refractivity contribution in [2.45, 2.75) is 19.6 Å². The van der Waals surface area contributed by atoms with E-state index in [-0.39, 0.29) is 30.4 Å². The van der Waals surface area contributed by atoms with Crippen LogP contribution < -0.4 is 0 Å². The number of hydrogen-bond donors (Lipinski definition) is 1. The molecule has 1 aliphatic rings. The van der Waals surface area contributed by atoms with Crippen LogP contribution in [0.3, 0.4) is 0 Å². The zero-order valence-electron chi connectivity index (χ0n) is 9.33. The molecule has 0 bridgehead atoms. The molecule has 0 fully saturated rings. The highest BCUT2D eigenvalue weighted by Crippen LogP contribution is 2.30. The van der Waals surface area contributed by atoms with Crippen LogP contribution in [0.5, 0.6) is 0 Å². The first-order valence-corrected chi connectivity index (χ1v) is 5.12. The summed E-state index contributed by atoms with van der Waals surface area (Å²) in [4.78, 5) is 5.22. The van der Waals surface area contributed by atoms with Crippen molar-refractivity contribution in [3.8, 4) is 11.6 Å². The molecule has 0 spiro atoms. The van der Waals surface area contributed by atoms with Gasteiger partial charge in [0.1, 0.15) is 0 Å². The van der Waals surface area contributed by atoms with Gasteiger partial charge in [-0.25, -0.2) is 4.98 Å². The number of tetrazole rings is 1. The molecule has 10 heteroatoms. The average molecular weight is 257 g/mol. The van der Waals surface area contributed by atoms with Crippen LogP contribution in [-0.4, -0.2) is 40.0 Å². The monoisotopic (exact) mass is 257 g/mol. The van der Waals surface area contributed by atoms with E-state index in [4.69, 9.17) is 0 Å². The summed E-state index contributed by atoms with van der Waals surface area (Å²) in [5.74, 6) is 0.00731. The van der Waals surface area contributed by atoms with Gasteiger partial charge in [0, 0.05) is 0 Å². The number of aromatic nitrogens is 6. The lowest BCUT2D eigenvalue weighted by Gasteiger charge is -2.09. The molecule has 2 aromatic heterocycles. The van der Waals surface area contributed by atoms with Crippen molar-refractivity contribution < 1.29 is 14.0 Å². The number of hydroxylamine groups is 2. The molecule has 0 unspecified atom stereocenters. The Hall–Kier alpha value is -1.94. The van der Waals surface area contributed by atoms with E-state index in [0.29, 0.717) is 5.69 Å². The van der Waals surface area contributed by atoms with Gasteiger partial charge >= 0.3 is 6.55 Å². The normalized spacial score (nSPS) is 15.6. The van der Waals surface area contributed by atoms with Crippen molar-refractivity contribution in [2.24, 2.45) is 7.05 Å². The molecular formula is C8H9F2N7O. The zero-order chi connectivity index (χ0) is 12.9. The largest absolute Gasteiger partial charge is 0.320 e. The number of nitrogens with zero attached hydrogens (tertiary/aromatic N) is 7. The molecule has 1 N–H and O–H groups in total. The molecule has 0 amide bonds. The first kappa shape index (κ1) is 11.2. The number of fused-ring (bicyclic) bond motifs is 1. The summed E-state index contributed by atoms with van der Waals surface area (Å²) in [6.45, 7) is -2.65. The fraction of sp³-hybridized carbons (Fsp3) is 0.500. The second kappa shape index (κ2) is 3.78. The molecule has 96 valence electrons. The predicted molar refractivity (Wildman–Crippen MR) is 52.3 cm³/mol. The summed E-state index contributed by atoms with van der Waals surface area (Å²) in [6.07, 6.45) is 0. The van der Waals surface area contributed by atoms with Crippen molar-refractivity contribution in [1.29, 1.82) is 0 Å². The Morgan fingerprint density at radius 3 is 2.72 bits per heavy atom. The lowest BCUT2D eigenvalue weighted by Crippen LogP contribution is -2.14. The summed E-state index contributed by atoms with van der Waals surface area (Å²) in [5, 5.41) is 21.3. The van der Waals surface area contributed by atoms with E-state index >= 15 is 0 Å². The minimum absolute atomic E-state index is 0.00688. The van der Waals surface area contributed by atoms with Gasteiger partial charge < -0.3 is 5.21 Å². The Morgan fingerprint density at radius 2 is 2.11 bits per heavy atom. The van der Waals surface area contributed by atoms with Gasteiger partial charge in [-0.2, -0.15) is 18.6 Å². The highest BCUT2D eigenvalue weighted by Gasteiger charge is 2.31. The first-order chi connectivity index (χ1) is 8.56. The number of rotatable bonds is 2. The third kappa shape index (κ3) is 1.57. The molecule has 18 heavy (non-hydrogen) atoms. The maximum absolute atomic E-state index is 13.1. The van der Waals surface area contributed by atoms with E-state index in [1.54, 1.807) is 0 Å². The quantitative estimate of drug-likeness (QED) is 0.825. The fourth-order valence-electron chi connectivity index (χ4n) is 1.95. The van der Waals surface area contributed by atoms with Crippen LogP contribution in [0.1, 0.15) is 17.9 Å². The molecule has 8 nitrogen and oxygen atoms in total. The summed E-state index contributed by atoms with van der Waals surface area (Å²) in [6, 6.07) is 0. The second-order valence-electron chi connectivity index (χ2n) is 3.90. The molecule has 0 saturated carbocycles. The minimum Gasteiger partial charge on any atom is -0.313 e. The van der Waals surface area contributed by atoms with Gasteiger partial charge in [0.05, 0.1) is 31.5 Å². The van der Waals surface area contributed by atoms with Crippen LogP contribution in [0.2, 0.25) is 0 Å². The van der Waals surface area contributed by atoms with Gasteiger partial charge in [0.15, 0.2) is 5.82 Å². The fourth-order valence-corrected chi connectivity index (χ4v) is 1.95. The van der Waals surface area contributed by atoms with Gasteiger partial charge in [-0.3, -0.25) is 4.57 Å². The van der Waals surface area contributed by atoms with Crippen LogP contribution in [0, 0.1) is 0 Å². The molecular weight excluding hydrogens is 248 g/mol. The molecule has 0 atom stereocenters. The van der Waals surface area contributed by atoms with E-state index < -0.39 is 6.55 Å². The Balaban J connectivity index is 2.14. The third-order valence-corrected chi connectivity index (χ3v) is 2.66. The predicted octanol–water partition coefficient (Wildman–Crippen LogP) is 0.173. The standard InChI is InChI=1S/C8H9F2N7O/c1-15-13-6(12-14-15)7-11-4-2-16(18)3-5(4)17(7)8(9)10/h8,18H,2-3H2,1H3. The van der Waals surface area contributed by atoms with Gasteiger partial charge in [0.2, 0.25) is 5.82 Å². The van der Waals surface area contributed by atoms with Gasteiger partial charge in [-0.1, -0.05) is 0 Å². The van der Waals surface area contributed by atoms with Gasteiger partial charge in [0.25, 0.3) is 0 Å². The zero-order valence-corrected chi connectivity index (χ0v) is 9.33. The van der Waals surface area contributed by atoms with Crippen LogP contribution in [-0.2, 0) is 20.1 Å². The Morgan fingerprint density at radius 1 is 1.33 bits per heavy atom. The summed E-state index contributed by atoms with van der Waals surface area (Å²) in [7, 11) is 1.54. The molecule has 0 saturated heterocycles. The number of aryl methyl sites for hydroxylation is 1. The molecule has 0 radical (unpaired) electrons. The van der Waals surface area contributed by atoms with Crippen molar-refractivity contribution in [2.75, 3.05) is 0 Å². The van der Waals surface area contributed by atoms with Crippen LogP contribution in [0.4, 0.5) is 8.78 Å². The number of halogens is 2. The molecule has 1 aliphatic heterocycles. The second-order valence-corrected chi connectivity index (χ2v) is 3.90. The van der Waals surface area contributed by atoms with Gasteiger partial charge in [-0.15, -0.1) is 10.2 Å². The van der Waals surface area contributed by atoms with Crippen molar-refractivity contribution in [3.05, 3.63) is 11.4 Å². The SMILES string of the molecule is Cn1nnc(-c2nc3c(n2C(F)F)CN(O)C3)n1. The topological polar surface area (TPSA) is 84.9 Å². The van der Waals surface area contributed by atoms with Gasteiger partial charge in [-0.05, 0) is 5.21 Å². The smallest absolute Gasteiger partial charge is 0.313 e. The average Bonchev–Trinajstić information content (AvgIpc) is 2.90. The van der Waals surface area contributed by atoms with Crippen LogP contribution >= 0.6 is 0 Å². The minimum atomic E-state index is -2.77. The van der Waals surface area contributed by atoms with Crippen molar-refractivity contribution in [1.82, 2.24) is 34.8 Å². The van der Waals surface area contributed by atoms with Crippen LogP contribution in [0.25, 0.3) is 11.6 Å². The summed E-state index contributed by atoms with van der Waals surface area (Å²) >= 11 is 0. The van der Waals surface area contributed by atoms with Crippen molar-refractivity contribution in [3.63, 3.8) is 0 Å². The first-order valence-electron chi connectivity index (χ1n) is 5.12. The Labute approximate surface area is 99.4 Å². The lowest BCUT2D eigenvalue weighted by atomic mass is 10.4. The Kier molecular flexibility index (Phi) is 2.35. The summed E-state index contributed by atoms with van der Waals surface area (Å²) < 4.78 is 26.9. The lowest BCUT2D eigenvalue weighted by molar-refractivity contribution is -0.0995. The molecule has 3 heterocycles. The van der Waals surface area contributed by atoms with E-state index in [1.807, 2.05) is 0 Å². The number of imidazole rings is 1. The maximum atomic E-state index is 13.1. The molecule has 3 rings (SSSR count). The maximum Gasteiger partial charge on any atom is 0.320 e. The number of alkyl halides is 2. The van der Waals surface area contributed by atoms with E-state index in [1.165, 1.54) is 11.8 Å². The molecule has 2 aromatic rings. The summed E-state index contributed by atoms with van der Waals surface area (Å²) in [5.41, 5.74) is 0.676. The highest BCUT2D eigenvalue weighted by molar-refractivity contribution is 5.46. The molecule has 0 aliphatic carbocycles. The number of hydrogen-bond acceptors (Lipinski definition) is 6. The van der Waals surface area contributed by atoms with Crippen molar-refractivity contribution >= 4 is 0 Å². The van der Waals surface area contributed by atoms with E-state index in [2.05, 4.69) is 20.4 Å². The Bertz CT molecular complexity index is 592.